The van der Waals surface area contributed by atoms with Gasteiger partial charge in [-0.2, -0.15) is 0 Å². The summed E-state index contributed by atoms with van der Waals surface area (Å²) in [7, 11) is 0. The Balaban J connectivity index is 1.83. The number of ether oxygens (including phenoxy) is 1. The van der Waals surface area contributed by atoms with E-state index in [0.29, 0.717) is 17.0 Å². The average Bonchev–Trinajstić information content (AvgIpc) is 2.47. The molecular weight excluding hydrogens is 292 g/mol. The fourth-order valence-electron chi connectivity index (χ4n) is 2.59. The summed E-state index contributed by atoms with van der Waals surface area (Å²) < 4.78 is 5.53. The molecule has 23 heavy (non-hydrogen) atoms. The van der Waals surface area contributed by atoms with Gasteiger partial charge in [-0.1, -0.05) is 6.07 Å². The fourth-order valence-corrected chi connectivity index (χ4v) is 2.59. The minimum absolute atomic E-state index is 0.190. The summed E-state index contributed by atoms with van der Waals surface area (Å²) in [5.41, 5.74) is 3.99. The van der Waals surface area contributed by atoms with E-state index in [9.17, 15) is 9.59 Å². The van der Waals surface area contributed by atoms with Crippen LogP contribution in [-0.4, -0.2) is 17.9 Å². The van der Waals surface area contributed by atoms with Crippen LogP contribution in [0.5, 0.6) is 5.75 Å². The van der Waals surface area contributed by atoms with Crippen molar-refractivity contribution in [3.8, 4) is 5.75 Å². The van der Waals surface area contributed by atoms with Gasteiger partial charge in [-0.25, -0.2) is 0 Å². The molecule has 3 rings (SSSR count). The molecule has 1 unspecified atom stereocenters. The van der Waals surface area contributed by atoms with E-state index in [1.54, 1.807) is 25.1 Å². The Bertz CT molecular complexity index is 779. The highest BCUT2D eigenvalue weighted by Gasteiger charge is 2.24. The molecule has 1 heterocycles. The average molecular weight is 310 g/mol. The zero-order valence-corrected chi connectivity index (χ0v) is 13.3. The molecule has 0 saturated carbocycles. The first kappa shape index (κ1) is 15.1. The predicted octanol–water partition coefficient (Wildman–Crippen LogP) is 3.28. The summed E-state index contributed by atoms with van der Waals surface area (Å²) in [6.45, 7) is 5.64. The van der Waals surface area contributed by atoms with E-state index in [4.69, 9.17) is 4.74 Å². The van der Waals surface area contributed by atoms with Crippen molar-refractivity contribution in [1.82, 2.24) is 0 Å². The molecule has 5 nitrogen and oxygen atoms in total. The molecular formula is C18H18N2O3. The van der Waals surface area contributed by atoms with Crippen LogP contribution >= 0.6 is 0 Å². The van der Waals surface area contributed by atoms with Crippen molar-refractivity contribution in [2.45, 2.75) is 26.9 Å². The van der Waals surface area contributed by atoms with Gasteiger partial charge in [0.1, 0.15) is 5.75 Å². The number of hydrogen-bond acceptors (Lipinski definition) is 3. The molecule has 0 aliphatic carbocycles. The molecule has 5 heteroatoms. The lowest BCUT2D eigenvalue weighted by Crippen LogP contribution is -2.34. The van der Waals surface area contributed by atoms with Crippen LogP contribution in [0.3, 0.4) is 0 Å². The van der Waals surface area contributed by atoms with Crippen LogP contribution in [0.25, 0.3) is 0 Å². The van der Waals surface area contributed by atoms with Crippen LogP contribution in [0.2, 0.25) is 0 Å². The van der Waals surface area contributed by atoms with Gasteiger partial charge in [0.15, 0.2) is 6.10 Å². The second kappa shape index (κ2) is 5.76. The third-order valence-electron chi connectivity index (χ3n) is 3.65. The highest BCUT2D eigenvalue weighted by atomic mass is 16.5. The van der Waals surface area contributed by atoms with Gasteiger partial charge < -0.3 is 15.4 Å². The Labute approximate surface area is 134 Å². The zero-order chi connectivity index (χ0) is 16.6. The SMILES string of the molecule is Cc1cc(C)cc(NC(=O)c2ccc3c(c2)OC(C)C(=O)N3)c1. The van der Waals surface area contributed by atoms with E-state index in [1.807, 2.05) is 32.0 Å². The monoisotopic (exact) mass is 310 g/mol. The molecule has 0 aromatic heterocycles. The Morgan fingerprint density at radius 2 is 1.83 bits per heavy atom. The highest BCUT2D eigenvalue weighted by molar-refractivity contribution is 6.06. The number of aryl methyl sites for hydroxylation is 2. The first-order valence-corrected chi connectivity index (χ1v) is 7.43. The largest absolute Gasteiger partial charge is 0.479 e. The summed E-state index contributed by atoms with van der Waals surface area (Å²) in [5, 5.41) is 5.63. The molecule has 0 saturated heterocycles. The molecule has 2 amide bonds. The van der Waals surface area contributed by atoms with Gasteiger partial charge in [-0.15, -0.1) is 0 Å². The number of benzene rings is 2. The maximum absolute atomic E-state index is 12.4. The van der Waals surface area contributed by atoms with Crippen molar-refractivity contribution >= 4 is 23.2 Å². The van der Waals surface area contributed by atoms with Crippen molar-refractivity contribution in [2.24, 2.45) is 0 Å². The standard InChI is InChI=1S/C18H18N2O3/c1-10-6-11(2)8-14(7-10)19-18(22)13-4-5-15-16(9-13)23-12(3)17(21)20-15/h4-9,12H,1-3H3,(H,19,22)(H,20,21). The number of carbonyl (C=O) groups is 2. The Morgan fingerprint density at radius 3 is 2.52 bits per heavy atom. The fraction of sp³-hybridized carbons (Fsp3) is 0.222. The van der Waals surface area contributed by atoms with Gasteiger partial charge in [-0.3, -0.25) is 9.59 Å². The first-order chi connectivity index (χ1) is 10.9. The van der Waals surface area contributed by atoms with Crippen LogP contribution in [0.15, 0.2) is 36.4 Å². The van der Waals surface area contributed by atoms with Gasteiger partial charge in [0.05, 0.1) is 5.69 Å². The maximum Gasteiger partial charge on any atom is 0.265 e. The number of amides is 2. The van der Waals surface area contributed by atoms with Crippen LogP contribution in [0.1, 0.15) is 28.4 Å². The highest BCUT2D eigenvalue weighted by Crippen LogP contribution is 2.30. The van der Waals surface area contributed by atoms with Crippen LogP contribution in [0, 0.1) is 13.8 Å². The molecule has 1 aliphatic heterocycles. The number of nitrogens with one attached hydrogen (secondary N) is 2. The molecule has 2 N–H and O–H groups in total. The molecule has 0 bridgehead atoms. The zero-order valence-electron chi connectivity index (χ0n) is 13.3. The minimum Gasteiger partial charge on any atom is -0.479 e. The normalized spacial score (nSPS) is 16.1. The summed E-state index contributed by atoms with van der Waals surface area (Å²) >= 11 is 0. The second-order valence-corrected chi connectivity index (χ2v) is 5.79. The van der Waals surface area contributed by atoms with Crippen LogP contribution < -0.4 is 15.4 Å². The third-order valence-corrected chi connectivity index (χ3v) is 3.65. The number of fused-ring (bicyclic) bond motifs is 1. The Morgan fingerprint density at radius 1 is 1.13 bits per heavy atom. The second-order valence-electron chi connectivity index (χ2n) is 5.79. The van der Waals surface area contributed by atoms with Crippen LogP contribution in [0.4, 0.5) is 11.4 Å². The lowest BCUT2D eigenvalue weighted by atomic mass is 10.1. The van der Waals surface area contributed by atoms with Crippen molar-refractivity contribution in [2.75, 3.05) is 10.6 Å². The van der Waals surface area contributed by atoms with Gasteiger partial charge in [0, 0.05) is 11.3 Å². The molecule has 2 aromatic rings. The molecule has 118 valence electrons. The first-order valence-electron chi connectivity index (χ1n) is 7.43. The van der Waals surface area contributed by atoms with E-state index < -0.39 is 6.10 Å². The third kappa shape index (κ3) is 3.18. The van der Waals surface area contributed by atoms with E-state index in [-0.39, 0.29) is 11.8 Å². The van der Waals surface area contributed by atoms with Gasteiger partial charge in [0.25, 0.3) is 11.8 Å². The molecule has 0 spiro atoms. The number of hydrogen-bond donors (Lipinski definition) is 2. The number of carbonyl (C=O) groups excluding carboxylic acids is 2. The van der Waals surface area contributed by atoms with Crippen molar-refractivity contribution in [3.05, 3.63) is 53.1 Å². The number of anilines is 2. The van der Waals surface area contributed by atoms with Crippen molar-refractivity contribution < 1.29 is 14.3 Å². The van der Waals surface area contributed by atoms with Crippen LogP contribution in [-0.2, 0) is 4.79 Å². The van der Waals surface area contributed by atoms with Crippen molar-refractivity contribution in [1.29, 1.82) is 0 Å². The quantitative estimate of drug-likeness (QED) is 0.894. The van der Waals surface area contributed by atoms with Crippen molar-refractivity contribution in [3.63, 3.8) is 0 Å². The smallest absolute Gasteiger partial charge is 0.265 e. The van der Waals surface area contributed by atoms with Gasteiger partial charge >= 0.3 is 0 Å². The summed E-state index contributed by atoms with van der Waals surface area (Å²) in [4.78, 5) is 24.0. The lowest BCUT2D eigenvalue weighted by molar-refractivity contribution is -0.122. The lowest BCUT2D eigenvalue weighted by Gasteiger charge is -2.23. The molecule has 2 aromatic carbocycles. The minimum atomic E-state index is -0.569. The summed E-state index contributed by atoms with van der Waals surface area (Å²) in [6, 6.07) is 10.9. The Hall–Kier alpha value is -2.82. The summed E-state index contributed by atoms with van der Waals surface area (Å²) in [5.74, 6) is 0.0982. The topological polar surface area (TPSA) is 67.4 Å². The number of rotatable bonds is 2. The van der Waals surface area contributed by atoms with E-state index >= 15 is 0 Å². The Kier molecular flexibility index (Phi) is 3.78. The predicted molar refractivity (Wildman–Crippen MR) is 89.0 cm³/mol. The van der Waals surface area contributed by atoms with E-state index in [1.165, 1.54) is 0 Å². The molecule has 0 radical (unpaired) electrons. The summed E-state index contributed by atoms with van der Waals surface area (Å²) in [6.07, 6.45) is -0.569. The maximum atomic E-state index is 12.4. The molecule has 1 aliphatic rings. The van der Waals surface area contributed by atoms with Gasteiger partial charge in [-0.05, 0) is 62.2 Å². The molecule has 1 atom stereocenters. The van der Waals surface area contributed by atoms with E-state index in [0.717, 1.165) is 16.8 Å². The molecule has 0 fully saturated rings. The van der Waals surface area contributed by atoms with Gasteiger partial charge in [0.2, 0.25) is 0 Å². The van der Waals surface area contributed by atoms with E-state index in [2.05, 4.69) is 10.6 Å².